The SMILES string of the molecule is CC(SCc1ccc(N)cc1)C(=O)Nc1ccccc1Cl. The maximum absolute atomic E-state index is 12.1. The average Bonchev–Trinajstić information content (AvgIpc) is 2.48. The van der Waals surface area contributed by atoms with E-state index in [9.17, 15) is 4.79 Å². The van der Waals surface area contributed by atoms with Gasteiger partial charge in [-0.2, -0.15) is 0 Å². The minimum absolute atomic E-state index is 0.0523. The molecule has 1 atom stereocenters. The van der Waals surface area contributed by atoms with E-state index in [2.05, 4.69) is 5.32 Å². The Morgan fingerprint density at radius 1 is 1.24 bits per heavy atom. The van der Waals surface area contributed by atoms with Crippen LogP contribution in [0, 0.1) is 0 Å². The van der Waals surface area contributed by atoms with E-state index in [4.69, 9.17) is 17.3 Å². The Morgan fingerprint density at radius 2 is 1.90 bits per heavy atom. The number of anilines is 2. The van der Waals surface area contributed by atoms with Crippen LogP contribution >= 0.6 is 23.4 Å². The molecule has 2 rings (SSSR count). The van der Waals surface area contributed by atoms with E-state index in [0.717, 1.165) is 17.0 Å². The topological polar surface area (TPSA) is 55.1 Å². The highest BCUT2D eigenvalue weighted by molar-refractivity contribution is 7.99. The van der Waals surface area contributed by atoms with Crippen molar-refractivity contribution in [1.29, 1.82) is 0 Å². The predicted octanol–water partition coefficient (Wildman–Crippen LogP) is 4.18. The van der Waals surface area contributed by atoms with Gasteiger partial charge in [-0.05, 0) is 36.8 Å². The molecule has 0 radical (unpaired) electrons. The molecular formula is C16H17ClN2OS. The smallest absolute Gasteiger partial charge is 0.237 e. The Hall–Kier alpha value is -1.65. The molecule has 0 saturated carbocycles. The Bertz CT molecular complexity index is 616. The molecule has 0 fully saturated rings. The number of carbonyl (C=O) groups excluding carboxylic acids is 1. The van der Waals surface area contributed by atoms with Crippen molar-refractivity contribution in [2.45, 2.75) is 17.9 Å². The molecule has 1 amide bonds. The van der Waals surface area contributed by atoms with Gasteiger partial charge in [0.05, 0.1) is 16.0 Å². The largest absolute Gasteiger partial charge is 0.399 e. The zero-order valence-corrected chi connectivity index (χ0v) is 13.2. The molecule has 21 heavy (non-hydrogen) atoms. The van der Waals surface area contributed by atoms with Gasteiger partial charge >= 0.3 is 0 Å². The van der Waals surface area contributed by atoms with Gasteiger partial charge in [-0.25, -0.2) is 0 Å². The molecule has 0 aliphatic heterocycles. The first kappa shape index (κ1) is 15.7. The molecule has 0 spiro atoms. The van der Waals surface area contributed by atoms with Crippen LogP contribution in [0.3, 0.4) is 0 Å². The van der Waals surface area contributed by atoms with Gasteiger partial charge < -0.3 is 11.1 Å². The lowest BCUT2D eigenvalue weighted by molar-refractivity contribution is -0.115. The van der Waals surface area contributed by atoms with Crippen LogP contribution in [0.2, 0.25) is 5.02 Å². The second kappa shape index (κ2) is 7.38. The van der Waals surface area contributed by atoms with E-state index in [-0.39, 0.29) is 11.2 Å². The molecule has 0 bridgehead atoms. The van der Waals surface area contributed by atoms with Gasteiger partial charge in [-0.15, -0.1) is 11.8 Å². The van der Waals surface area contributed by atoms with Crippen molar-refractivity contribution in [1.82, 2.24) is 0 Å². The molecule has 0 aliphatic rings. The quantitative estimate of drug-likeness (QED) is 0.812. The van der Waals surface area contributed by atoms with E-state index in [1.165, 1.54) is 0 Å². The number of hydrogen-bond donors (Lipinski definition) is 2. The summed E-state index contributed by atoms with van der Waals surface area (Å²) in [4.78, 5) is 12.1. The molecule has 0 saturated heterocycles. The first-order valence-corrected chi connectivity index (χ1v) is 8.00. The monoisotopic (exact) mass is 320 g/mol. The highest BCUT2D eigenvalue weighted by Gasteiger charge is 2.14. The maximum Gasteiger partial charge on any atom is 0.237 e. The summed E-state index contributed by atoms with van der Waals surface area (Å²) in [7, 11) is 0. The van der Waals surface area contributed by atoms with Gasteiger partial charge in [0.25, 0.3) is 0 Å². The predicted molar refractivity (Wildman–Crippen MR) is 91.7 cm³/mol. The molecule has 0 aromatic heterocycles. The highest BCUT2D eigenvalue weighted by atomic mass is 35.5. The number of nitrogen functional groups attached to an aromatic ring is 1. The van der Waals surface area contributed by atoms with Crippen LogP contribution in [0.5, 0.6) is 0 Å². The number of nitrogens with one attached hydrogen (secondary N) is 1. The fourth-order valence-corrected chi connectivity index (χ4v) is 2.74. The van der Waals surface area contributed by atoms with E-state index >= 15 is 0 Å². The van der Waals surface area contributed by atoms with Crippen molar-refractivity contribution >= 4 is 40.6 Å². The van der Waals surface area contributed by atoms with Crippen molar-refractivity contribution in [2.24, 2.45) is 0 Å². The molecule has 5 heteroatoms. The summed E-state index contributed by atoms with van der Waals surface area (Å²) >= 11 is 7.60. The van der Waals surface area contributed by atoms with Crippen LogP contribution in [0.1, 0.15) is 12.5 Å². The second-order valence-corrected chi connectivity index (χ2v) is 6.40. The Kier molecular flexibility index (Phi) is 5.53. The summed E-state index contributed by atoms with van der Waals surface area (Å²) in [6.07, 6.45) is 0. The molecule has 3 nitrogen and oxygen atoms in total. The number of amides is 1. The fraction of sp³-hybridized carbons (Fsp3) is 0.188. The summed E-state index contributed by atoms with van der Waals surface area (Å²) in [5.41, 5.74) is 8.18. The minimum atomic E-state index is -0.168. The van der Waals surface area contributed by atoms with Gasteiger partial charge in [0.1, 0.15) is 0 Å². The normalized spacial score (nSPS) is 11.9. The minimum Gasteiger partial charge on any atom is -0.399 e. The van der Waals surface area contributed by atoms with Crippen LogP contribution in [-0.2, 0) is 10.5 Å². The molecule has 1 unspecified atom stereocenters. The van der Waals surface area contributed by atoms with E-state index in [0.29, 0.717) is 10.7 Å². The number of para-hydroxylation sites is 1. The van der Waals surface area contributed by atoms with E-state index in [1.807, 2.05) is 43.3 Å². The lowest BCUT2D eigenvalue weighted by Crippen LogP contribution is -2.22. The van der Waals surface area contributed by atoms with Gasteiger partial charge in [-0.1, -0.05) is 35.9 Å². The van der Waals surface area contributed by atoms with Gasteiger partial charge in [-0.3, -0.25) is 4.79 Å². The van der Waals surface area contributed by atoms with Crippen LogP contribution < -0.4 is 11.1 Å². The van der Waals surface area contributed by atoms with Gasteiger partial charge in [0.15, 0.2) is 0 Å². The van der Waals surface area contributed by atoms with Crippen molar-refractivity contribution in [2.75, 3.05) is 11.1 Å². The number of hydrogen-bond acceptors (Lipinski definition) is 3. The number of carbonyl (C=O) groups is 1. The van der Waals surface area contributed by atoms with Gasteiger partial charge in [0.2, 0.25) is 5.91 Å². The average molecular weight is 321 g/mol. The molecule has 110 valence electrons. The van der Waals surface area contributed by atoms with Gasteiger partial charge in [0, 0.05) is 11.4 Å². The van der Waals surface area contributed by atoms with E-state index in [1.54, 1.807) is 23.9 Å². The summed E-state index contributed by atoms with van der Waals surface area (Å²) in [5, 5.41) is 3.22. The molecule has 2 aromatic rings. The Balaban J connectivity index is 1.88. The third-order valence-corrected chi connectivity index (χ3v) is 4.52. The van der Waals surface area contributed by atoms with Crippen molar-refractivity contribution in [3.8, 4) is 0 Å². The lowest BCUT2D eigenvalue weighted by atomic mass is 10.2. The summed E-state index contributed by atoms with van der Waals surface area (Å²) in [6, 6.07) is 14.9. The van der Waals surface area contributed by atoms with Crippen molar-refractivity contribution in [3.05, 3.63) is 59.1 Å². The summed E-state index contributed by atoms with van der Waals surface area (Å²) in [6.45, 7) is 1.88. The van der Waals surface area contributed by atoms with E-state index < -0.39 is 0 Å². The number of benzene rings is 2. The summed E-state index contributed by atoms with van der Waals surface area (Å²) < 4.78 is 0. The van der Waals surface area contributed by atoms with Crippen LogP contribution in [0.25, 0.3) is 0 Å². The van der Waals surface area contributed by atoms with Crippen molar-refractivity contribution < 1.29 is 4.79 Å². The lowest BCUT2D eigenvalue weighted by Gasteiger charge is -2.13. The third-order valence-electron chi connectivity index (χ3n) is 2.98. The standard InChI is InChI=1S/C16H17ClN2OS/c1-11(21-10-12-6-8-13(18)9-7-12)16(20)19-15-5-3-2-4-14(15)17/h2-9,11H,10,18H2,1H3,(H,19,20). The van der Waals surface area contributed by atoms with Crippen LogP contribution in [0.4, 0.5) is 11.4 Å². The maximum atomic E-state index is 12.1. The molecule has 0 heterocycles. The number of halogens is 1. The zero-order valence-electron chi connectivity index (χ0n) is 11.7. The first-order valence-electron chi connectivity index (χ1n) is 6.57. The fourth-order valence-electron chi connectivity index (χ4n) is 1.71. The zero-order chi connectivity index (χ0) is 15.2. The summed E-state index contributed by atoms with van der Waals surface area (Å²) in [5.74, 6) is 0.709. The first-order chi connectivity index (χ1) is 10.1. The highest BCUT2D eigenvalue weighted by Crippen LogP contribution is 2.23. The molecular weight excluding hydrogens is 304 g/mol. The van der Waals surface area contributed by atoms with Crippen LogP contribution in [-0.4, -0.2) is 11.2 Å². The molecule has 0 aliphatic carbocycles. The number of rotatable bonds is 5. The van der Waals surface area contributed by atoms with Crippen molar-refractivity contribution in [3.63, 3.8) is 0 Å². The molecule has 2 aromatic carbocycles. The second-order valence-electron chi connectivity index (χ2n) is 4.66. The number of nitrogens with two attached hydrogens (primary N) is 1. The molecule has 3 N–H and O–H groups in total. The van der Waals surface area contributed by atoms with Crippen LogP contribution in [0.15, 0.2) is 48.5 Å². The Labute approximate surface area is 133 Å². The Morgan fingerprint density at radius 3 is 2.57 bits per heavy atom. The third kappa shape index (κ3) is 4.69. The number of thioether (sulfide) groups is 1.